The van der Waals surface area contributed by atoms with Crippen molar-refractivity contribution < 1.29 is 14.6 Å². The third-order valence-electron chi connectivity index (χ3n) is 4.15. The van der Waals surface area contributed by atoms with Crippen LogP contribution in [-0.2, 0) is 4.79 Å². The van der Waals surface area contributed by atoms with Crippen LogP contribution in [0.15, 0.2) is 24.3 Å². The van der Waals surface area contributed by atoms with Crippen molar-refractivity contribution in [3.05, 3.63) is 29.8 Å². The highest BCUT2D eigenvalue weighted by Crippen LogP contribution is 2.29. The van der Waals surface area contributed by atoms with E-state index in [1.54, 1.807) is 6.92 Å². The lowest BCUT2D eigenvalue weighted by Gasteiger charge is -2.27. The van der Waals surface area contributed by atoms with E-state index in [0.29, 0.717) is 12.0 Å². The number of benzene rings is 1. The molecule has 2 unspecified atom stereocenters. The van der Waals surface area contributed by atoms with Crippen LogP contribution in [0.3, 0.4) is 0 Å². The van der Waals surface area contributed by atoms with E-state index in [2.05, 4.69) is 25.2 Å². The average molecular weight is 291 g/mol. The topological polar surface area (TPSA) is 58.6 Å². The van der Waals surface area contributed by atoms with Crippen LogP contribution in [0.1, 0.15) is 51.5 Å². The summed E-state index contributed by atoms with van der Waals surface area (Å²) in [5.74, 6) is 0.320. The van der Waals surface area contributed by atoms with Crippen LogP contribution in [0.2, 0.25) is 0 Å². The first-order chi connectivity index (χ1) is 9.96. The molecule has 2 rings (SSSR count). The van der Waals surface area contributed by atoms with Gasteiger partial charge in [-0.3, -0.25) is 10.1 Å². The van der Waals surface area contributed by atoms with E-state index in [1.807, 2.05) is 18.2 Å². The van der Waals surface area contributed by atoms with Crippen LogP contribution < -0.4 is 10.1 Å². The van der Waals surface area contributed by atoms with Gasteiger partial charge in [0.25, 0.3) is 0 Å². The maximum Gasteiger partial charge on any atom is 0.327 e. The Morgan fingerprint density at radius 2 is 2.14 bits per heavy atom. The zero-order chi connectivity index (χ0) is 15.5. The summed E-state index contributed by atoms with van der Waals surface area (Å²) in [6.07, 6.45) is 3.12. The van der Waals surface area contributed by atoms with E-state index >= 15 is 0 Å². The number of carboxylic acids is 1. The Kier molecular flexibility index (Phi) is 4.88. The number of ether oxygens (including phenoxy) is 1. The highest BCUT2D eigenvalue weighted by molar-refractivity contribution is 5.78. The molecule has 0 amide bonds. The molecular formula is C17H25NO3. The van der Waals surface area contributed by atoms with Gasteiger partial charge in [-0.05, 0) is 43.7 Å². The number of rotatable bonds is 8. The number of para-hydroxylation sites is 1. The van der Waals surface area contributed by atoms with Crippen molar-refractivity contribution in [1.29, 1.82) is 0 Å². The molecule has 21 heavy (non-hydrogen) atoms. The largest absolute Gasteiger partial charge is 0.491 e. The Morgan fingerprint density at radius 3 is 2.71 bits per heavy atom. The van der Waals surface area contributed by atoms with Crippen molar-refractivity contribution in [1.82, 2.24) is 5.32 Å². The van der Waals surface area contributed by atoms with Crippen molar-refractivity contribution in [2.45, 2.75) is 57.5 Å². The predicted molar refractivity (Wildman–Crippen MR) is 82.8 cm³/mol. The number of nitrogens with one attached hydrogen (secondary N) is 1. The third-order valence-corrected chi connectivity index (χ3v) is 4.15. The minimum Gasteiger partial charge on any atom is -0.491 e. The first-order valence-electron chi connectivity index (χ1n) is 7.69. The molecule has 0 aliphatic heterocycles. The van der Waals surface area contributed by atoms with E-state index in [1.165, 1.54) is 0 Å². The van der Waals surface area contributed by atoms with Gasteiger partial charge in [0.15, 0.2) is 0 Å². The van der Waals surface area contributed by atoms with Crippen molar-refractivity contribution in [2.24, 2.45) is 0 Å². The normalized spacial score (nSPS) is 18.8. The Labute approximate surface area is 126 Å². The molecule has 0 saturated heterocycles. The lowest BCUT2D eigenvalue weighted by atomic mass is 9.97. The standard InChI is InChI=1S/C17H25NO3/c1-4-12(2)14-7-5-6-8-15(14)21-11-17(3,16(19)20)18-13-9-10-13/h5-8,12-13,18H,4,9-11H2,1-3H3,(H,19,20). The molecule has 1 aliphatic carbocycles. The summed E-state index contributed by atoms with van der Waals surface area (Å²) in [6, 6.07) is 8.21. The van der Waals surface area contributed by atoms with Crippen LogP contribution in [-0.4, -0.2) is 29.3 Å². The zero-order valence-electron chi connectivity index (χ0n) is 13.1. The predicted octanol–water partition coefficient (Wildman–Crippen LogP) is 3.17. The quantitative estimate of drug-likeness (QED) is 0.772. The summed E-state index contributed by atoms with van der Waals surface area (Å²) < 4.78 is 5.87. The molecule has 0 spiro atoms. The minimum atomic E-state index is -1.04. The minimum absolute atomic E-state index is 0.131. The van der Waals surface area contributed by atoms with Gasteiger partial charge in [-0.1, -0.05) is 32.0 Å². The molecule has 0 radical (unpaired) electrons. The Bertz CT molecular complexity index is 499. The van der Waals surface area contributed by atoms with Gasteiger partial charge in [-0.15, -0.1) is 0 Å². The first kappa shape index (κ1) is 15.8. The second-order valence-electron chi connectivity index (χ2n) is 6.19. The molecule has 2 N–H and O–H groups in total. The van der Waals surface area contributed by atoms with E-state index in [9.17, 15) is 9.90 Å². The van der Waals surface area contributed by atoms with Gasteiger partial charge in [0.1, 0.15) is 17.9 Å². The first-order valence-corrected chi connectivity index (χ1v) is 7.69. The lowest BCUT2D eigenvalue weighted by molar-refractivity contribution is -0.145. The highest BCUT2D eigenvalue weighted by atomic mass is 16.5. The molecule has 0 aromatic heterocycles. The van der Waals surface area contributed by atoms with Gasteiger partial charge < -0.3 is 9.84 Å². The average Bonchev–Trinajstić information content (AvgIpc) is 3.28. The molecule has 1 aromatic rings. The SMILES string of the molecule is CCC(C)c1ccccc1OCC(C)(NC1CC1)C(=O)O. The van der Waals surface area contributed by atoms with Gasteiger partial charge in [0.2, 0.25) is 0 Å². The molecule has 0 bridgehead atoms. The second kappa shape index (κ2) is 6.48. The van der Waals surface area contributed by atoms with Crippen molar-refractivity contribution >= 4 is 5.97 Å². The molecule has 2 atom stereocenters. The molecule has 116 valence electrons. The van der Waals surface area contributed by atoms with Crippen LogP contribution in [0, 0.1) is 0 Å². The smallest absolute Gasteiger partial charge is 0.327 e. The fourth-order valence-corrected chi connectivity index (χ4v) is 2.30. The highest BCUT2D eigenvalue weighted by Gasteiger charge is 2.39. The third kappa shape index (κ3) is 3.97. The summed E-state index contributed by atoms with van der Waals surface area (Å²) >= 11 is 0. The van der Waals surface area contributed by atoms with Crippen molar-refractivity contribution in [3.63, 3.8) is 0 Å². The van der Waals surface area contributed by atoms with Crippen LogP contribution in [0.4, 0.5) is 0 Å². The van der Waals surface area contributed by atoms with Gasteiger partial charge in [0.05, 0.1) is 0 Å². The number of hydrogen-bond donors (Lipinski definition) is 2. The maximum atomic E-state index is 11.5. The van der Waals surface area contributed by atoms with Gasteiger partial charge in [-0.25, -0.2) is 0 Å². The molecule has 1 saturated carbocycles. The summed E-state index contributed by atoms with van der Waals surface area (Å²) in [4.78, 5) is 11.5. The molecule has 1 aliphatic rings. The zero-order valence-corrected chi connectivity index (χ0v) is 13.1. The Balaban J connectivity index is 2.08. The summed E-state index contributed by atoms with van der Waals surface area (Å²) in [7, 11) is 0. The summed E-state index contributed by atoms with van der Waals surface area (Å²) in [5.41, 5.74) is 0.100. The van der Waals surface area contributed by atoms with E-state index in [0.717, 1.165) is 30.6 Å². The fraction of sp³-hybridized carbons (Fsp3) is 0.588. The van der Waals surface area contributed by atoms with Crippen LogP contribution in [0.25, 0.3) is 0 Å². The number of hydrogen-bond acceptors (Lipinski definition) is 3. The van der Waals surface area contributed by atoms with Crippen LogP contribution >= 0.6 is 0 Å². The number of carboxylic acid groups (broad SMARTS) is 1. The van der Waals surface area contributed by atoms with Crippen molar-refractivity contribution in [3.8, 4) is 5.75 Å². The molecule has 0 heterocycles. The molecule has 4 nitrogen and oxygen atoms in total. The molecule has 1 aromatic carbocycles. The van der Waals surface area contributed by atoms with E-state index in [-0.39, 0.29) is 6.61 Å². The monoisotopic (exact) mass is 291 g/mol. The number of carbonyl (C=O) groups is 1. The van der Waals surface area contributed by atoms with Gasteiger partial charge in [-0.2, -0.15) is 0 Å². The van der Waals surface area contributed by atoms with Gasteiger partial charge >= 0.3 is 5.97 Å². The fourth-order valence-electron chi connectivity index (χ4n) is 2.30. The Hall–Kier alpha value is -1.55. The lowest BCUT2D eigenvalue weighted by Crippen LogP contribution is -2.54. The van der Waals surface area contributed by atoms with Crippen LogP contribution in [0.5, 0.6) is 5.75 Å². The van der Waals surface area contributed by atoms with E-state index < -0.39 is 11.5 Å². The van der Waals surface area contributed by atoms with Crippen molar-refractivity contribution in [2.75, 3.05) is 6.61 Å². The molecular weight excluding hydrogens is 266 g/mol. The van der Waals surface area contributed by atoms with E-state index in [4.69, 9.17) is 4.74 Å². The van der Waals surface area contributed by atoms with Gasteiger partial charge in [0, 0.05) is 6.04 Å². The number of aliphatic carboxylic acids is 1. The Morgan fingerprint density at radius 1 is 1.48 bits per heavy atom. The molecule has 4 heteroatoms. The summed E-state index contributed by atoms with van der Waals surface area (Å²) in [6.45, 7) is 6.12. The summed E-state index contributed by atoms with van der Waals surface area (Å²) in [5, 5.41) is 12.6. The second-order valence-corrected chi connectivity index (χ2v) is 6.19. The molecule has 1 fully saturated rings. The maximum absolute atomic E-state index is 11.5.